The zero-order valence-corrected chi connectivity index (χ0v) is 12.3. The molecule has 0 saturated carbocycles. The SMILES string of the molecule is CC(CCNc1ccc(C(F)(F)F)cc1C(=O)O)S(C)=O. The number of benzene rings is 1. The topological polar surface area (TPSA) is 66.4 Å². The standard InChI is InChI=1S/C13H16F3NO3S/c1-8(21(2)20)5-6-17-11-4-3-9(13(14,15)16)7-10(11)12(18)19/h3-4,7-8,17H,5-6H2,1-2H3,(H,18,19). The summed E-state index contributed by atoms with van der Waals surface area (Å²) < 4.78 is 48.9. The van der Waals surface area contributed by atoms with Gasteiger partial charge < -0.3 is 10.4 Å². The van der Waals surface area contributed by atoms with Gasteiger partial charge in [-0.2, -0.15) is 13.2 Å². The highest BCUT2D eigenvalue weighted by Gasteiger charge is 2.31. The lowest BCUT2D eigenvalue weighted by Crippen LogP contribution is -2.16. The van der Waals surface area contributed by atoms with Crippen LogP contribution in [0, 0.1) is 0 Å². The molecule has 1 rings (SSSR count). The molecule has 2 unspecified atom stereocenters. The van der Waals surface area contributed by atoms with E-state index in [-0.39, 0.29) is 10.9 Å². The van der Waals surface area contributed by atoms with Crippen molar-refractivity contribution in [3.05, 3.63) is 29.3 Å². The molecule has 0 aliphatic rings. The summed E-state index contributed by atoms with van der Waals surface area (Å²) in [6.45, 7) is 2.11. The zero-order valence-electron chi connectivity index (χ0n) is 11.5. The number of hydrogen-bond acceptors (Lipinski definition) is 3. The molecule has 118 valence electrons. The second-order valence-corrected chi connectivity index (χ2v) is 6.39. The second-order valence-electron chi connectivity index (χ2n) is 4.59. The van der Waals surface area contributed by atoms with Gasteiger partial charge in [0.15, 0.2) is 0 Å². The number of rotatable bonds is 6. The second kappa shape index (κ2) is 6.93. The molecule has 0 heterocycles. The Bertz CT molecular complexity index is 546. The van der Waals surface area contributed by atoms with E-state index in [4.69, 9.17) is 5.11 Å². The summed E-state index contributed by atoms with van der Waals surface area (Å²) in [4.78, 5) is 11.1. The van der Waals surface area contributed by atoms with Gasteiger partial charge in [-0.15, -0.1) is 0 Å². The van der Waals surface area contributed by atoms with Crippen molar-refractivity contribution >= 4 is 22.5 Å². The first-order valence-corrected chi connectivity index (χ1v) is 7.75. The van der Waals surface area contributed by atoms with Gasteiger partial charge in [-0.25, -0.2) is 4.79 Å². The van der Waals surface area contributed by atoms with Crippen LogP contribution >= 0.6 is 0 Å². The van der Waals surface area contributed by atoms with Gasteiger partial charge in [-0.1, -0.05) is 6.92 Å². The molecule has 0 bridgehead atoms. The number of carboxylic acid groups (broad SMARTS) is 1. The van der Waals surface area contributed by atoms with Crippen LogP contribution in [0.2, 0.25) is 0 Å². The fraction of sp³-hybridized carbons (Fsp3) is 0.462. The molecule has 21 heavy (non-hydrogen) atoms. The molecule has 0 saturated heterocycles. The maximum atomic E-state index is 12.6. The number of carboxylic acids is 1. The van der Waals surface area contributed by atoms with Crippen molar-refractivity contribution in [2.24, 2.45) is 0 Å². The third-order valence-corrected chi connectivity index (χ3v) is 4.38. The number of halogens is 3. The molecule has 0 fully saturated rings. The predicted octanol–water partition coefficient (Wildman–Crippen LogP) is 2.97. The monoisotopic (exact) mass is 323 g/mol. The minimum absolute atomic E-state index is 0.0831. The van der Waals surface area contributed by atoms with Crippen LogP contribution < -0.4 is 5.32 Å². The van der Waals surface area contributed by atoms with Crippen molar-refractivity contribution in [2.75, 3.05) is 18.1 Å². The molecule has 4 nitrogen and oxygen atoms in total. The van der Waals surface area contributed by atoms with Crippen molar-refractivity contribution in [2.45, 2.75) is 24.8 Å². The smallest absolute Gasteiger partial charge is 0.416 e. The number of alkyl halides is 3. The van der Waals surface area contributed by atoms with E-state index in [2.05, 4.69) is 5.32 Å². The third kappa shape index (κ3) is 5.04. The summed E-state index contributed by atoms with van der Waals surface area (Å²) in [5, 5.41) is 11.7. The van der Waals surface area contributed by atoms with Crippen molar-refractivity contribution in [3.63, 3.8) is 0 Å². The quantitative estimate of drug-likeness (QED) is 0.845. The predicted molar refractivity (Wildman–Crippen MR) is 75.0 cm³/mol. The van der Waals surface area contributed by atoms with Gasteiger partial charge in [0.2, 0.25) is 0 Å². The van der Waals surface area contributed by atoms with E-state index in [1.807, 2.05) is 0 Å². The van der Waals surface area contributed by atoms with Gasteiger partial charge in [-0.05, 0) is 24.6 Å². The Hall–Kier alpha value is -1.57. The van der Waals surface area contributed by atoms with E-state index in [1.165, 1.54) is 0 Å². The van der Waals surface area contributed by atoms with Gasteiger partial charge in [0.1, 0.15) is 0 Å². The fourth-order valence-electron chi connectivity index (χ4n) is 1.63. The van der Waals surface area contributed by atoms with Crippen LogP contribution in [-0.2, 0) is 17.0 Å². The molecule has 0 spiro atoms. The zero-order chi connectivity index (χ0) is 16.2. The van der Waals surface area contributed by atoms with Gasteiger partial charge in [0, 0.05) is 34.5 Å². The first-order chi connectivity index (χ1) is 9.62. The molecule has 0 aromatic heterocycles. The molecule has 0 radical (unpaired) electrons. The largest absolute Gasteiger partial charge is 0.478 e. The lowest BCUT2D eigenvalue weighted by atomic mass is 10.1. The highest BCUT2D eigenvalue weighted by atomic mass is 32.2. The molecular weight excluding hydrogens is 307 g/mol. The van der Waals surface area contributed by atoms with Gasteiger partial charge in [0.05, 0.1) is 11.1 Å². The van der Waals surface area contributed by atoms with Gasteiger partial charge in [-0.3, -0.25) is 4.21 Å². The molecule has 0 aliphatic carbocycles. The molecule has 1 aromatic rings. The van der Waals surface area contributed by atoms with Gasteiger partial charge >= 0.3 is 12.1 Å². The number of carbonyl (C=O) groups is 1. The van der Waals surface area contributed by atoms with E-state index in [0.29, 0.717) is 19.0 Å². The summed E-state index contributed by atoms with van der Waals surface area (Å²) >= 11 is 0. The maximum Gasteiger partial charge on any atom is 0.416 e. The Morgan fingerprint density at radius 3 is 2.52 bits per heavy atom. The summed E-state index contributed by atoms with van der Waals surface area (Å²) in [5.74, 6) is -1.43. The van der Waals surface area contributed by atoms with Crippen molar-refractivity contribution in [1.82, 2.24) is 0 Å². The highest BCUT2D eigenvalue weighted by molar-refractivity contribution is 7.84. The minimum Gasteiger partial charge on any atom is -0.478 e. The number of hydrogen-bond donors (Lipinski definition) is 2. The van der Waals surface area contributed by atoms with Crippen molar-refractivity contribution in [3.8, 4) is 0 Å². The Morgan fingerprint density at radius 1 is 1.43 bits per heavy atom. The van der Waals surface area contributed by atoms with Crippen molar-refractivity contribution in [1.29, 1.82) is 0 Å². The number of nitrogens with one attached hydrogen (secondary N) is 1. The third-order valence-electron chi connectivity index (χ3n) is 3.01. The summed E-state index contributed by atoms with van der Waals surface area (Å²) in [5.41, 5.74) is -1.33. The Kier molecular flexibility index (Phi) is 5.77. The van der Waals surface area contributed by atoms with Crippen molar-refractivity contribution < 1.29 is 27.3 Å². The van der Waals surface area contributed by atoms with Crippen LogP contribution in [0.4, 0.5) is 18.9 Å². The first-order valence-electron chi connectivity index (χ1n) is 6.13. The average Bonchev–Trinajstić information content (AvgIpc) is 2.37. The van der Waals surface area contributed by atoms with Crippen LogP contribution in [0.1, 0.15) is 29.3 Å². The molecule has 0 amide bonds. The normalized spacial score (nSPS) is 14.5. The minimum atomic E-state index is -4.59. The van der Waals surface area contributed by atoms with E-state index >= 15 is 0 Å². The van der Waals surface area contributed by atoms with Crippen LogP contribution in [0.3, 0.4) is 0 Å². The van der Waals surface area contributed by atoms with Crippen LogP contribution in [0.25, 0.3) is 0 Å². The fourth-order valence-corrected chi connectivity index (χ4v) is 2.08. The van der Waals surface area contributed by atoms with E-state index in [9.17, 15) is 22.2 Å². The van der Waals surface area contributed by atoms with Crippen LogP contribution in [-0.4, -0.2) is 33.3 Å². The Labute approximate surface area is 122 Å². The van der Waals surface area contributed by atoms with Crippen LogP contribution in [0.5, 0.6) is 0 Å². The molecule has 0 aliphatic heterocycles. The summed E-state index contributed by atoms with van der Waals surface area (Å²) in [6.07, 6.45) is -2.51. The summed E-state index contributed by atoms with van der Waals surface area (Å²) in [6, 6.07) is 2.53. The lowest BCUT2D eigenvalue weighted by molar-refractivity contribution is -0.137. The lowest BCUT2D eigenvalue weighted by Gasteiger charge is -2.14. The highest BCUT2D eigenvalue weighted by Crippen LogP contribution is 2.31. The van der Waals surface area contributed by atoms with E-state index < -0.39 is 34.1 Å². The number of anilines is 1. The average molecular weight is 323 g/mol. The van der Waals surface area contributed by atoms with Gasteiger partial charge in [0.25, 0.3) is 0 Å². The van der Waals surface area contributed by atoms with E-state index in [1.54, 1.807) is 13.2 Å². The first kappa shape index (κ1) is 17.5. The summed E-state index contributed by atoms with van der Waals surface area (Å²) in [7, 11) is -1.00. The molecule has 2 N–H and O–H groups in total. The molecule has 8 heteroatoms. The molecular formula is C13H16F3NO3S. The Balaban J connectivity index is 2.88. The van der Waals surface area contributed by atoms with E-state index in [0.717, 1.165) is 12.1 Å². The number of aromatic carboxylic acids is 1. The Morgan fingerprint density at radius 2 is 2.05 bits per heavy atom. The molecule has 1 aromatic carbocycles. The maximum absolute atomic E-state index is 12.6. The molecule has 2 atom stereocenters. The van der Waals surface area contributed by atoms with Crippen LogP contribution in [0.15, 0.2) is 18.2 Å².